The molecule has 2 N–H and O–H groups in total. The van der Waals surface area contributed by atoms with Crippen LogP contribution in [-0.4, -0.2) is 28.4 Å². The number of carbonyl (C=O) groups excluding carboxylic acids is 1. The number of amides is 1. The van der Waals surface area contributed by atoms with E-state index in [0.717, 1.165) is 11.1 Å². The van der Waals surface area contributed by atoms with E-state index >= 15 is 0 Å². The normalized spacial score (nSPS) is 11.3. The Balaban J connectivity index is 1.99. The van der Waals surface area contributed by atoms with Gasteiger partial charge in [-0.2, -0.15) is 0 Å². The summed E-state index contributed by atoms with van der Waals surface area (Å²) in [5.41, 5.74) is 8.06. The lowest BCUT2D eigenvalue weighted by molar-refractivity contribution is -0.107. The average Bonchev–Trinajstić information content (AvgIpc) is 2.99. The molecule has 29 heavy (non-hydrogen) atoms. The SMILES string of the molecule is CN(C=O)c1c(/C(N)=N\OCc2ccccc2)n(Cc2ccccc2)c(=O)n1C. The Morgan fingerprint density at radius 3 is 2.28 bits per heavy atom. The fourth-order valence-corrected chi connectivity index (χ4v) is 3.06. The maximum absolute atomic E-state index is 12.9. The number of nitrogens with two attached hydrogens (primary N) is 1. The molecule has 0 spiro atoms. The molecule has 1 heterocycles. The van der Waals surface area contributed by atoms with E-state index in [9.17, 15) is 9.59 Å². The van der Waals surface area contributed by atoms with Gasteiger partial charge in [0, 0.05) is 14.1 Å². The topological polar surface area (TPSA) is 94.8 Å². The first-order chi connectivity index (χ1) is 14.0. The number of imidazole rings is 1. The first-order valence-corrected chi connectivity index (χ1v) is 9.04. The minimum atomic E-state index is -0.311. The molecular weight excluding hydrogens is 370 g/mol. The summed E-state index contributed by atoms with van der Waals surface area (Å²) in [6.07, 6.45) is 0.614. The Bertz CT molecular complexity index is 1060. The molecule has 0 saturated heterocycles. The third kappa shape index (κ3) is 4.37. The second-order valence-corrected chi connectivity index (χ2v) is 6.54. The number of nitrogens with zero attached hydrogens (tertiary/aromatic N) is 4. The van der Waals surface area contributed by atoms with Crippen LogP contribution in [0.3, 0.4) is 0 Å². The number of aromatic nitrogens is 2. The number of hydrogen-bond acceptors (Lipinski definition) is 4. The molecule has 8 nitrogen and oxygen atoms in total. The summed E-state index contributed by atoms with van der Waals surface area (Å²) in [6.45, 7) is 0.514. The predicted octanol–water partition coefficient (Wildman–Crippen LogP) is 1.66. The van der Waals surface area contributed by atoms with Crippen LogP contribution in [0.15, 0.2) is 70.6 Å². The summed E-state index contributed by atoms with van der Waals surface area (Å²) in [6, 6.07) is 19.0. The van der Waals surface area contributed by atoms with E-state index < -0.39 is 0 Å². The van der Waals surface area contributed by atoms with Crippen molar-refractivity contribution in [1.29, 1.82) is 0 Å². The van der Waals surface area contributed by atoms with Gasteiger partial charge >= 0.3 is 5.69 Å². The van der Waals surface area contributed by atoms with Crippen LogP contribution in [0.5, 0.6) is 0 Å². The van der Waals surface area contributed by atoms with Gasteiger partial charge in [-0.3, -0.25) is 13.9 Å². The Hall–Kier alpha value is -3.81. The van der Waals surface area contributed by atoms with Crippen LogP contribution in [0.4, 0.5) is 5.82 Å². The molecule has 0 bridgehead atoms. The van der Waals surface area contributed by atoms with Crippen LogP contribution in [0, 0.1) is 0 Å². The van der Waals surface area contributed by atoms with Crippen molar-refractivity contribution < 1.29 is 9.63 Å². The van der Waals surface area contributed by atoms with E-state index in [4.69, 9.17) is 10.6 Å². The highest BCUT2D eigenvalue weighted by molar-refractivity contribution is 6.01. The summed E-state index contributed by atoms with van der Waals surface area (Å²) in [5, 5.41) is 4.00. The number of anilines is 1. The molecule has 150 valence electrons. The van der Waals surface area contributed by atoms with Crippen molar-refractivity contribution in [2.24, 2.45) is 17.9 Å². The Morgan fingerprint density at radius 1 is 1.10 bits per heavy atom. The number of benzene rings is 2. The second kappa shape index (κ2) is 8.92. The lowest BCUT2D eigenvalue weighted by Gasteiger charge is -2.14. The van der Waals surface area contributed by atoms with Crippen LogP contribution in [0.2, 0.25) is 0 Å². The minimum Gasteiger partial charge on any atom is -0.389 e. The van der Waals surface area contributed by atoms with E-state index in [1.807, 2.05) is 60.7 Å². The summed E-state index contributed by atoms with van der Waals surface area (Å²) in [5.74, 6) is 0.351. The number of carbonyl (C=O) groups is 1. The van der Waals surface area contributed by atoms with Crippen LogP contribution in [0.1, 0.15) is 16.8 Å². The van der Waals surface area contributed by atoms with E-state index in [0.29, 0.717) is 17.9 Å². The minimum absolute atomic E-state index is 0.0123. The molecule has 0 aliphatic heterocycles. The summed E-state index contributed by atoms with van der Waals surface area (Å²) < 4.78 is 2.85. The van der Waals surface area contributed by atoms with Gasteiger partial charge in [0.25, 0.3) is 0 Å². The third-order valence-corrected chi connectivity index (χ3v) is 4.47. The smallest absolute Gasteiger partial charge is 0.330 e. The van der Waals surface area contributed by atoms with Gasteiger partial charge in [-0.05, 0) is 11.1 Å². The number of oxime groups is 1. The molecule has 0 aliphatic rings. The molecule has 3 rings (SSSR count). The van der Waals surface area contributed by atoms with E-state index in [1.165, 1.54) is 14.0 Å². The third-order valence-electron chi connectivity index (χ3n) is 4.47. The predicted molar refractivity (Wildman–Crippen MR) is 112 cm³/mol. The molecule has 1 aromatic heterocycles. The molecule has 0 aliphatic carbocycles. The molecule has 8 heteroatoms. The van der Waals surface area contributed by atoms with Crippen molar-refractivity contribution in [3.05, 3.63) is 88.0 Å². The highest BCUT2D eigenvalue weighted by Gasteiger charge is 2.24. The van der Waals surface area contributed by atoms with Gasteiger partial charge in [0.15, 0.2) is 5.84 Å². The second-order valence-electron chi connectivity index (χ2n) is 6.54. The molecule has 0 radical (unpaired) electrons. The van der Waals surface area contributed by atoms with Gasteiger partial charge in [-0.1, -0.05) is 65.8 Å². The molecule has 0 saturated carbocycles. The number of amidine groups is 1. The van der Waals surface area contributed by atoms with Gasteiger partial charge in [0.2, 0.25) is 6.41 Å². The van der Waals surface area contributed by atoms with E-state index in [1.54, 1.807) is 14.1 Å². The van der Waals surface area contributed by atoms with Crippen molar-refractivity contribution in [2.75, 3.05) is 11.9 Å². The summed E-state index contributed by atoms with van der Waals surface area (Å²) in [4.78, 5) is 30.9. The molecule has 2 aromatic carbocycles. The molecule has 0 unspecified atom stereocenters. The van der Waals surface area contributed by atoms with E-state index in [-0.39, 0.29) is 24.7 Å². The highest BCUT2D eigenvalue weighted by atomic mass is 16.6. The zero-order valence-corrected chi connectivity index (χ0v) is 16.4. The lowest BCUT2D eigenvalue weighted by atomic mass is 10.2. The van der Waals surface area contributed by atoms with Gasteiger partial charge in [-0.15, -0.1) is 0 Å². The Morgan fingerprint density at radius 2 is 1.69 bits per heavy atom. The lowest BCUT2D eigenvalue weighted by Crippen LogP contribution is -2.27. The van der Waals surface area contributed by atoms with Crippen LogP contribution >= 0.6 is 0 Å². The van der Waals surface area contributed by atoms with Crippen LogP contribution in [0.25, 0.3) is 0 Å². The quantitative estimate of drug-likeness (QED) is 0.273. The van der Waals surface area contributed by atoms with Gasteiger partial charge in [0.05, 0.1) is 6.54 Å². The summed E-state index contributed by atoms with van der Waals surface area (Å²) >= 11 is 0. The van der Waals surface area contributed by atoms with Crippen LogP contribution in [-0.2, 0) is 29.8 Å². The van der Waals surface area contributed by atoms with Gasteiger partial charge < -0.3 is 15.5 Å². The highest BCUT2D eigenvalue weighted by Crippen LogP contribution is 2.18. The fraction of sp³-hybridized carbons (Fsp3) is 0.190. The van der Waals surface area contributed by atoms with Gasteiger partial charge in [-0.25, -0.2) is 4.79 Å². The monoisotopic (exact) mass is 393 g/mol. The number of hydrogen-bond donors (Lipinski definition) is 1. The van der Waals surface area contributed by atoms with Gasteiger partial charge in [0.1, 0.15) is 18.1 Å². The zero-order chi connectivity index (χ0) is 20.8. The number of rotatable bonds is 8. The molecule has 1 amide bonds. The van der Waals surface area contributed by atoms with Crippen molar-refractivity contribution in [2.45, 2.75) is 13.2 Å². The van der Waals surface area contributed by atoms with Crippen molar-refractivity contribution >= 4 is 18.1 Å². The molecule has 0 fully saturated rings. The van der Waals surface area contributed by atoms with Crippen molar-refractivity contribution in [3.8, 4) is 0 Å². The zero-order valence-electron chi connectivity index (χ0n) is 16.4. The average molecular weight is 393 g/mol. The first kappa shape index (κ1) is 19.9. The maximum atomic E-state index is 12.9. The first-order valence-electron chi connectivity index (χ1n) is 9.04. The largest absolute Gasteiger partial charge is 0.389 e. The van der Waals surface area contributed by atoms with Crippen LogP contribution < -0.4 is 16.3 Å². The maximum Gasteiger partial charge on any atom is 0.330 e. The fourth-order valence-electron chi connectivity index (χ4n) is 3.06. The standard InChI is InChI=1S/C21H23N5O3/c1-24(15-27)20-18(19(22)23-29-14-17-11-7-4-8-12-17)26(21(28)25(20)2)13-16-9-5-3-6-10-16/h3-12,15H,13-14H2,1-2H3,(H2,22,23). The molecule has 0 atom stereocenters. The Kier molecular flexibility index (Phi) is 6.13. The van der Waals surface area contributed by atoms with E-state index in [2.05, 4.69) is 5.16 Å². The molecular formula is C21H23N5O3. The van der Waals surface area contributed by atoms with Crippen molar-refractivity contribution in [3.63, 3.8) is 0 Å². The van der Waals surface area contributed by atoms with Crippen molar-refractivity contribution in [1.82, 2.24) is 9.13 Å². The summed E-state index contributed by atoms with van der Waals surface area (Å²) in [7, 11) is 3.14. The Labute approximate surface area is 168 Å². The molecule has 3 aromatic rings.